The van der Waals surface area contributed by atoms with Gasteiger partial charge in [-0.1, -0.05) is 48.0 Å². The molecule has 0 aliphatic carbocycles. The minimum atomic E-state index is -0.508. The van der Waals surface area contributed by atoms with E-state index < -0.39 is 5.41 Å². The van der Waals surface area contributed by atoms with E-state index in [2.05, 4.69) is 20.8 Å². The maximum Gasteiger partial charge on any atom is 0.236 e. The van der Waals surface area contributed by atoms with Crippen LogP contribution in [0.1, 0.15) is 92.9 Å². The summed E-state index contributed by atoms with van der Waals surface area (Å²) in [6.45, 7) is 15.2. The predicted molar refractivity (Wildman–Crippen MR) is 116 cm³/mol. The largest absolute Gasteiger partial charge is 0.343 e. The average Bonchev–Trinajstić information content (AvgIpc) is 2.91. The molecule has 1 unspecified atom stereocenters. The van der Waals surface area contributed by atoms with Crippen molar-refractivity contribution in [1.82, 2.24) is 9.80 Å². The highest BCUT2D eigenvalue weighted by Gasteiger charge is 2.51. The van der Waals surface area contributed by atoms with Gasteiger partial charge in [0.05, 0.1) is 5.41 Å². The standard InChI is InChI=1S/C24H42N2O3/c1-7-24(18(2)3)17-21(28)26(22(24)29)14-10-8-9-11-20(27)25-15-12-19(13-16-25)23(4,5)6/h18-19H,7-17H2,1-6H3. The molecule has 0 spiro atoms. The number of unbranched alkanes of at least 4 members (excludes halogenated alkanes) is 2. The number of carbonyl (C=O) groups excluding carboxylic acids is 3. The first-order valence-electron chi connectivity index (χ1n) is 11.7. The lowest BCUT2D eigenvalue weighted by molar-refractivity contribution is -0.142. The third-order valence-corrected chi connectivity index (χ3v) is 7.52. The van der Waals surface area contributed by atoms with E-state index in [1.807, 2.05) is 25.7 Å². The van der Waals surface area contributed by atoms with Crippen LogP contribution in [0.25, 0.3) is 0 Å². The van der Waals surface area contributed by atoms with Crippen molar-refractivity contribution in [2.45, 2.75) is 92.9 Å². The van der Waals surface area contributed by atoms with E-state index in [-0.39, 0.29) is 23.6 Å². The predicted octanol–water partition coefficient (Wildman–Crippen LogP) is 4.64. The SMILES string of the molecule is CCC1(C(C)C)CC(=O)N(CCCCCC(=O)N2CCC(C(C)(C)C)CC2)C1=O. The van der Waals surface area contributed by atoms with Crippen molar-refractivity contribution in [2.75, 3.05) is 19.6 Å². The fraction of sp³-hybridized carbons (Fsp3) is 0.875. The Morgan fingerprint density at radius 3 is 2.21 bits per heavy atom. The Morgan fingerprint density at radius 1 is 1.10 bits per heavy atom. The molecule has 29 heavy (non-hydrogen) atoms. The van der Waals surface area contributed by atoms with E-state index in [0.717, 1.165) is 45.2 Å². The van der Waals surface area contributed by atoms with E-state index >= 15 is 0 Å². The van der Waals surface area contributed by atoms with Gasteiger partial charge in [-0.3, -0.25) is 19.3 Å². The van der Waals surface area contributed by atoms with E-state index in [4.69, 9.17) is 0 Å². The average molecular weight is 407 g/mol. The van der Waals surface area contributed by atoms with E-state index in [1.54, 1.807) is 0 Å². The smallest absolute Gasteiger partial charge is 0.236 e. The number of imide groups is 1. The van der Waals surface area contributed by atoms with Crippen molar-refractivity contribution in [3.8, 4) is 0 Å². The van der Waals surface area contributed by atoms with Gasteiger partial charge in [0.15, 0.2) is 0 Å². The van der Waals surface area contributed by atoms with Crippen LogP contribution in [0.3, 0.4) is 0 Å². The summed E-state index contributed by atoms with van der Waals surface area (Å²) in [7, 11) is 0. The van der Waals surface area contributed by atoms with Crippen LogP contribution in [0.2, 0.25) is 0 Å². The number of carbonyl (C=O) groups is 3. The molecule has 0 radical (unpaired) electrons. The summed E-state index contributed by atoms with van der Waals surface area (Å²) in [6.07, 6.45) is 6.34. The van der Waals surface area contributed by atoms with Crippen LogP contribution >= 0.6 is 0 Å². The number of piperidine rings is 1. The van der Waals surface area contributed by atoms with Crippen LogP contribution < -0.4 is 0 Å². The van der Waals surface area contributed by atoms with Gasteiger partial charge in [-0.2, -0.15) is 0 Å². The zero-order valence-corrected chi connectivity index (χ0v) is 19.6. The number of nitrogens with zero attached hydrogens (tertiary/aromatic N) is 2. The van der Waals surface area contributed by atoms with E-state index in [1.165, 1.54) is 4.90 Å². The summed E-state index contributed by atoms with van der Waals surface area (Å²) >= 11 is 0. The molecule has 3 amide bonds. The third kappa shape index (κ3) is 5.40. The lowest BCUT2D eigenvalue weighted by Crippen LogP contribution is -2.41. The summed E-state index contributed by atoms with van der Waals surface area (Å²) in [5, 5.41) is 0. The van der Waals surface area contributed by atoms with Crippen LogP contribution in [-0.4, -0.2) is 47.2 Å². The molecular formula is C24H42N2O3. The number of likely N-dealkylation sites (tertiary alicyclic amines) is 2. The minimum absolute atomic E-state index is 0.0118. The number of hydrogen-bond acceptors (Lipinski definition) is 3. The Kier molecular flexibility index (Phi) is 7.92. The van der Waals surface area contributed by atoms with Gasteiger partial charge < -0.3 is 4.90 Å². The molecule has 2 aliphatic rings. The summed E-state index contributed by atoms with van der Waals surface area (Å²) in [6, 6.07) is 0. The summed E-state index contributed by atoms with van der Waals surface area (Å²) in [5.74, 6) is 1.12. The zero-order valence-electron chi connectivity index (χ0n) is 19.6. The van der Waals surface area contributed by atoms with E-state index in [9.17, 15) is 14.4 Å². The first-order valence-corrected chi connectivity index (χ1v) is 11.7. The summed E-state index contributed by atoms with van der Waals surface area (Å²) in [4.78, 5) is 41.2. The molecule has 0 saturated carbocycles. The topological polar surface area (TPSA) is 57.7 Å². The van der Waals surface area contributed by atoms with Gasteiger partial charge in [0.1, 0.15) is 0 Å². The van der Waals surface area contributed by atoms with Gasteiger partial charge in [-0.15, -0.1) is 0 Å². The highest BCUT2D eigenvalue weighted by molar-refractivity contribution is 6.06. The molecule has 0 aromatic carbocycles. The second-order valence-corrected chi connectivity index (χ2v) is 10.5. The van der Waals surface area contributed by atoms with Crippen molar-refractivity contribution >= 4 is 17.7 Å². The van der Waals surface area contributed by atoms with Crippen molar-refractivity contribution in [3.63, 3.8) is 0 Å². The van der Waals surface area contributed by atoms with Gasteiger partial charge in [-0.05, 0) is 49.4 Å². The molecule has 2 saturated heterocycles. The van der Waals surface area contributed by atoms with Crippen molar-refractivity contribution in [1.29, 1.82) is 0 Å². The van der Waals surface area contributed by atoms with Gasteiger partial charge in [0, 0.05) is 32.5 Å². The summed E-state index contributed by atoms with van der Waals surface area (Å²) < 4.78 is 0. The molecule has 166 valence electrons. The number of rotatable bonds is 8. The van der Waals surface area contributed by atoms with Gasteiger partial charge in [-0.25, -0.2) is 0 Å². The normalized spacial score (nSPS) is 24.1. The molecule has 5 heteroatoms. The number of hydrogen-bond donors (Lipinski definition) is 0. The second-order valence-electron chi connectivity index (χ2n) is 10.5. The minimum Gasteiger partial charge on any atom is -0.343 e. The van der Waals surface area contributed by atoms with Crippen LogP contribution in [0.15, 0.2) is 0 Å². The van der Waals surface area contributed by atoms with Crippen molar-refractivity contribution in [3.05, 3.63) is 0 Å². The molecule has 2 rings (SSSR count). The maximum absolute atomic E-state index is 12.8. The van der Waals surface area contributed by atoms with Gasteiger partial charge in [0.25, 0.3) is 0 Å². The van der Waals surface area contributed by atoms with Gasteiger partial charge >= 0.3 is 0 Å². The molecule has 2 heterocycles. The monoisotopic (exact) mass is 406 g/mol. The molecule has 2 aliphatic heterocycles. The molecule has 5 nitrogen and oxygen atoms in total. The first-order chi connectivity index (χ1) is 13.5. The molecule has 0 N–H and O–H groups in total. The fourth-order valence-corrected chi connectivity index (χ4v) is 5.06. The highest BCUT2D eigenvalue weighted by atomic mass is 16.2. The summed E-state index contributed by atoms with van der Waals surface area (Å²) in [5.41, 5.74) is -0.184. The van der Waals surface area contributed by atoms with Gasteiger partial charge in [0.2, 0.25) is 17.7 Å². The van der Waals surface area contributed by atoms with Crippen LogP contribution in [0.4, 0.5) is 0 Å². The maximum atomic E-state index is 12.8. The van der Waals surface area contributed by atoms with Crippen molar-refractivity contribution in [2.24, 2.45) is 22.7 Å². The Labute approximate surface area is 177 Å². The molecule has 0 aromatic heterocycles. The molecule has 2 fully saturated rings. The van der Waals surface area contributed by atoms with Crippen LogP contribution in [0, 0.1) is 22.7 Å². The van der Waals surface area contributed by atoms with Crippen LogP contribution in [0.5, 0.6) is 0 Å². The molecule has 0 aromatic rings. The lowest BCUT2D eigenvalue weighted by Gasteiger charge is -2.38. The number of amides is 3. The van der Waals surface area contributed by atoms with Crippen LogP contribution in [-0.2, 0) is 14.4 Å². The molecular weight excluding hydrogens is 364 g/mol. The second kappa shape index (κ2) is 9.61. The van der Waals surface area contributed by atoms with Crippen molar-refractivity contribution < 1.29 is 14.4 Å². The Balaban J connectivity index is 1.69. The Morgan fingerprint density at radius 2 is 1.72 bits per heavy atom. The third-order valence-electron chi connectivity index (χ3n) is 7.52. The fourth-order valence-electron chi connectivity index (χ4n) is 5.06. The van der Waals surface area contributed by atoms with E-state index in [0.29, 0.717) is 37.1 Å². The lowest BCUT2D eigenvalue weighted by atomic mass is 9.73. The molecule has 1 atom stereocenters. The first kappa shape index (κ1) is 23.9. The zero-order chi connectivity index (χ0) is 21.8. The highest BCUT2D eigenvalue weighted by Crippen LogP contribution is 2.42. The quantitative estimate of drug-likeness (QED) is 0.436. The Hall–Kier alpha value is -1.39. The Bertz CT molecular complexity index is 600. The molecule has 0 bridgehead atoms.